The number of morpholine rings is 1. The monoisotopic (exact) mass is 482 g/mol. The summed E-state index contributed by atoms with van der Waals surface area (Å²) >= 11 is 0. The molecular weight excluding hydrogens is 452 g/mol. The van der Waals surface area contributed by atoms with Gasteiger partial charge in [0.2, 0.25) is 0 Å². The Bertz CT molecular complexity index is 1400. The van der Waals surface area contributed by atoms with Gasteiger partial charge in [0.1, 0.15) is 5.75 Å². The van der Waals surface area contributed by atoms with E-state index in [-0.39, 0.29) is 6.03 Å². The first kappa shape index (κ1) is 23.6. The summed E-state index contributed by atoms with van der Waals surface area (Å²) in [5.41, 5.74) is 7.51. The number of carbonyl (C=O) groups is 1. The summed E-state index contributed by atoms with van der Waals surface area (Å²) in [6, 6.07) is 21.7. The van der Waals surface area contributed by atoms with E-state index >= 15 is 0 Å². The standard InChI is InChI=1S/C29H30N4O3/c1-19-4-7-21(8-5-19)25-18-27(33-12-14-36-15-13-33)23-17-22(9-10-24(23)31-25)30-29(34)32-26-16-20(2)6-11-28(26)35-3/h4-11,16-18H,12-15H2,1-3H3,(H2,30,32,34). The fraction of sp³-hybridized carbons (Fsp3) is 0.241. The van der Waals surface area contributed by atoms with Crippen molar-refractivity contribution in [2.24, 2.45) is 0 Å². The fourth-order valence-electron chi connectivity index (χ4n) is 4.43. The molecule has 7 nitrogen and oxygen atoms in total. The molecule has 2 amide bonds. The maximum atomic E-state index is 12.8. The molecule has 0 atom stereocenters. The van der Waals surface area contributed by atoms with E-state index in [0.29, 0.717) is 30.3 Å². The number of nitrogens with one attached hydrogen (secondary N) is 2. The zero-order valence-corrected chi connectivity index (χ0v) is 20.8. The summed E-state index contributed by atoms with van der Waals surface area (Å²) < 4.78 is 11.0. The van der Waals surface area contributed by atoms with Crippen LogP contribution in [0.4, 0.5) is 21.9 Å². The first-order valence-electron chi connectivity index (χ1n) is 12.1. The van der Waals surface area contributed by atoms with Gasteiger partial charge in [0.05, 0.1) is 37.2 Å². The van der Waals surface area contributed by atoms with Crippen molar-refractivity contribution in [2.45, 2.75) is 13.8 Å². The number of hydrogen-bond donors (Lipinski definition) is 2. The van der Waals surface area contributed by atoms with E-state index < -0.39 is 0 Å². The van der Waals surface area contributed by atoms with E-state index in [0.717, 1.165) is 46.5 Å². The molecule has 1 aliphatic rings. The highest BCUT2D eigenvalue weighted by Gasteiger charge is 2.17. The number of aromatic nitrogens is 1. The zero-order valence-electron chi connectivity index (χ0n) is 20.8. The Morgan fingerprint density at radius 2 is 1.67 bits per heavy atom. The van der Waals surface area contributed by atoms with Gasteiger partial charge in [-0.2, -0.15) is 0 Å². The van der Waals surface area contributed by atoms with Crippen LogP contribution in [0.25, 0.3) is 22.2 Å². The molecule has 2 N–H and O–H groups in total. The van der Waals surface area contributed by atoms with Crippen molar-refractivity contribution in [3.05, 3.63) is 77.9 Å². The number of nitrogens with zero attached hydrogens (tertiary/aromatic N) is 2. The number of aryl methyl sites for hydroxylation is 2. The molecule has 2 heterocycles. The van der Waals surface area contributed by atoms with E-state index in [1.54, 1.807) is 7.11 Å². The summed E-state index contributed by atoms with van der Waals surface area (Å²) in [5, 5.41) is 6.84. The van der Waals surface area contributed by atoms with Crippen LogP contribution in [0.2, 0.25) is 0 Å². The maximum absolute atomic E-state index is 12.8. The number of ether oxygens (including phenoxy) is 2. The predicted octanol–water partition coefficient (Wildman–Crippen LogP) is 6.01. The van der Waals surface area contributed by atoms with Crippen molar-refractivity contribution in [3.63, 3.8) is 0 Å². The summed E-state index contributed by atoms with van der Waals surface area (Å²) in [5.74, 6) is 0.608. The van der Waals surface area contributed by atoms with Crippen LogP contribution in [0.3, 0.4) is 0 Å². The van der Waals surface area contributed by atoms with Gasteiger partial charge in [0, 0.05) is 35.4 Å². The molecule has 0 unspecified atom stereocenters. The van der Waals surface area contributed by atoms with E-state index in [1.165, 1.54) is 5.56 Å². The normalized spacial score (nSPS) is 13.5. The van der Waals surface area contributed by atoms with Gasteiger partial charge in [-0.3, -0.25) is 0 Å². The highest BCUT2D eigenvalue weighted by Crippen LogP contribution is 2.33. The highest BCUT2D eigenvalue weighted by molar-refractivity contribution is 6.03. The molecule has 184 valence electrons. The number of amides is 2. The number of pyridine rings is 1. The quantitative estimate of drug-likeness (QED) is 0.364. The third-order valence-corrected chi connectivity index (χ3v) is 6.35. The van der Waals surface area contributed by atoms with Crippen LogP contribution in [0.5, 0.6) is 5.75 Å². The smallest absolute Gasteiger partial charge is 0.323 e. The average molecular weight is 483 g/mol. The van der Waals surface area contributed by atoms with Crippen molar-refractivity contribution in [3.8, 4) is 17.0 Å². The van der Waals surface area contributed by atoms with Gasteiger partial charge in [0.25, 0.3) is 0 Å². The third kappa shape index (κ3) is 5.11. The number of methoxy groups -OCH3 is 1. The van der Waals surface area contributed by atoms with Crippen molar-refractivity contribution >= 4 is 34.0 Å². The molecule has 7 heteroatoms. The molecule has 1 aliphatic heterocycles. The van der Waals surface area contributed by atoms with Gasteiger partial charge in [-0.25, -0.2) is 9.78 Å². The molecule has 0 bridgehead atoms. The molecule has 4 aromatic rings. The lowest BCUT2D eigenvalue weighted by Gasteiger charge is -2.30. The topological polar surface area (TPSA) is 75.7 Å². The zero-order chi connectivity index (χ0) is 25.1. The minimum Gasteiger partial charge on any atom is -0.495 e. The summed E-state index contributed by atoms with van der Waals surface area (Å²) in [7, 11) is 1.59. The molecule has 1 aromatic heterocycles. The second kappa shape index (κ2) is 10.3. The van der Waals surface area contributed by atoms with Crippen LogP contribution in [-0.2, 0) is 4.74 Å². The molecule has 3 aromatic carbocycles. The largest absolute Gasteiger partial charge is 0.495 e. The molecule has 0 saturated carbocycles. The van der Waals surface area contributed by atoms with Gasteiger partial charge in [0.15, 0.2) is 0 Å². The van der Waals surface area contributed by atoms with Gasteiger partial charge in [-0.15, -0.1) is 0 Å². The van der Waals surface area contributed by atoms with E-state index in [1.807, 2.05) is 43.3 Å². The number of carbonyl (C=O) groups excluding carboxylic acids is 1. The van der Waals surface area contributed by atoms with Gasteiger partial charge < -0.3 is 25.0 Å². The summed E-state index contributed by atoms with van der Waals surface area (Å²) in [6.45, 7) is 7.02. The van der Waals surface area contributed by atoms with Crippen LogP contribution in [0, 0.1) is 13.8 Å². The Morgan fingerprint density at radius 3 is 2.42 bits per heavy atom. The van der Waals surface area contributed by atoms with Gasteiger partial charge in [-0.1, -0.05) is 35.9 Å². The predicted molar refractivity (Wildman–Crippen MR) is 145 cm³/mol. The van der Waals surface area contributed by atoms with Gasteiger partial charge in [-0.05, 0) is 55.8 Å². The second-order valence-electron chi connectivity index (χ2n) is 9.01. The minimum atomic E-state index is -0.338. The lowest BCUT2D eigenvalue weighted by molar-refractivity contribution is 0.123. The first-order valence-corrected chi connectivity index (χ1v) is 12.1. The van der Waals surface area contributed by atoms with E-state index in [9.17, 15) is 4.79 Å². The Hall–Kier alpha value is -4.10. The lowest BCUT2D eigenvalue weighted by Crippen LogP contribution is -2.36. The first-order chi connectivity index (χ1) is 17.5. The molecule has 0 aliphatic carbocycles. The number of rotatable bonds is 5. The van der Waals surface area contributed by atoms with E-state index in [2.05, 4.69) is 52.8 Å². The number of urea groups is 1. The van der Waals surface area contributed by atoms with Crippen LogP contribution < -0.4 is 20.3 Å². The molecular formula is C29H30N4O3. The minimum absolute atomic E-state index is 0.338. The van der Waals surface area contributed by atoms with Crippen LogP contribution in [0.15, 0.2) is 66.7 Å². The summed E-state index contributed by atoms with van der Waals surface area (Å²) in [4.78, 5) is 20.1. The SMILES string of the molecule is COc1ccc(C)cc1NC(=O)Nc1ccc2nc(-c3ccc(C)cc3)cc(N3CCOCC3)c2c1. The summed E-state index contributed by atoms with van der Waals surface area (Å²) in [6.07, 6.45) is 0. The molecule has 1 fully saturated rings. The number of anilines is 3. The third-order valence-electron chi connectivity index (χ3n) is 6.35. The lowest BCUT2D eigenvalue weighted by atomic mass is 10.0. The highest BCUT2D eigenvalue weighted by atomic mass is 16.5. The van der Waals surface area contributed by atoms with Crippen molar-refractivity contribution in [1.29, 1.82) is 0 Å². The molecule has 5 rings (SSSR count). The fourth-order valence-corrected chi connectivity index (χ4v) is 4.43. The molecule has 36 heavy (non-hydrogen) atoms. The Labute approximate surface area is 211 Å². The van der Waals surface area contributed by atoms with Crippen LogP contribution in [-0.4, -0.2) is 44.4 Å². The Balaban J connectivity index is 1.48. The molecule has 1 saturated heterocycles. The number of fused-ring (bicyclic) bond motifs is 1. The Kier molecular flexibility index (Phi) is 6.73. The van der Waals surface area contributed by atoms with Crippen LogP contribution in [0.1, 0.15) is 11.1 Å². The average Bonchev–Trinajstić information content (AvgIpc) is 2.89. The number of hydrogen-bond acceptors (Lipinski definition) is 5. The molecule has 0 radical (unpaired) electrons. The number of benzene rings is 3. The molecule has 0 spiro atoms. The van der Waals surface area contributed by atoms with E-state index in [4.69, 9.17) is 14.5 Å². The Morgan fingerprint density at radius 1 is 0.917 bits per heavy atom. The van der Waals surface area contributed by atoms with Crippen molar-refractivity contribution in [1.82, 2.24) is 4.98 Å². The maximum Gasteiger partial charge on any atom is 0.323 e. The van der Waals surface area contributed by atoms with Crippen molar-refractivity contribution < 1.29 is 14.3 Å². The van der Waals surface area contributed by atoms with Crippen molar-refractivity contribution in [2.75, 3.05) is 48.9 Å². The second-order valence-corrected chi connectivity index (χ2v) is 9.01. The van der Waals surface area contributed by atoms with Gasteiger partial charge >= 0.3 is 6.03 Å². The van der Waals surface area contributed by atoms with Crippen LogP contribution >= 0.6 is 0 Å².